The summed E-state index contributed by atoms with van der Waals surface area (Å²) in [7, 11) is 0. The van der Waals surface area contributed by atoms with Gasteiger partial charge in [-0.15, -0.1) is 0 Å². The van der Waals surface area contributed by atoms with Gasteiger partial charge in [-0.25, -0.2) is 9.59 Å². The number of hydrogen-bond donors (Lipinski definition) is 4. The molecule has 0 spiro atoms. The van der Waals surface area contributed by atoms with Crippen molar-refractivity contribution in [2.24, 2.45) is 11.8 Å². The van der Waals surface area contributed by atoms with Crippen LogP contribution in [0.4, 0.5) is 0 Å². The van der Waals surface area contributed by atoms with E-state index in [1.165, 1.54) is 4.90 Å². The Balaban J connectivity index is 2.87. The summed E-state index contributed by atoms with van der Waals surface area (Å²) < 4.78 is 5.26. The van der Waals surface area contributed by atoms with E-state index in [0.717, 1.165) is 5.56 Å². The molecule has 0 heterocycles. The second kappa shape index (κ2) is 17.1. The van der Waals surface area contributed by atoms with Crippen molar-refractivity contribution in [1.82, 2.24) is 15.5 Å². The summed E-state index contributed by atoms with van der Waals surface area (Å²) in [5, 5.41) is 23.8. The molecule has 38 heavy (non-hydrogen) atoms. The molecule has 11 heteroatoms. The van der Waals surface area contributed by atoms with Gasteiger partial charge in [0.2, 0.25) is 11.8 Å². The van der Waals surface area contributed by atoms with E-state index < -0.39 is 61.4 Å². The molecule has 212 valence electrons. The number of benzene rings is 1. The van der Waals surface area contributed by atoms with Crippen molar-refractivity contribution < 1.29 is 38.9 Å². The Hall–Kier alpha value is -3.47. The predicted molar refractivity (Wildman–Crippen MR) is 140 cm³/mol. The lowest BCUT2D eigenvalue weighted by Crippen LogP contribution is -2.50. The van der Waals surface area contributed by atoms with Gasteiger partial charge in [0.05, 0.1) is 19.6 Å². The number of carboxylic acids is 2. The van der Waals surface area contributed by atoms with Crippen LogP contribution in [0.3, 0.4) is 0 Å². The molecule has 0 aromatic heterocycles. The molecule has 0 unspecified atom stereocenters. The Morgan fingerprint density at radius 3 is 1.58 bits per heavy atom. The number of nitrogens with zero attached hydrogens (tertiary/aromatic N) is 1. The van der Waals surface area contributed by atoms with E-state index in [2.05, 4.69) is 10.6 Å². The maximum absolute atomic E-state index is 12.7. The first-order valence-corrected chi connectivity index (χ1v) is 12.8. The molecule has 11 nitrogen and oxygen atoms in total. The first-order chi connectivity index (χ1) is 17.9. The largest absolute Gasteiger partial charge is 0.480 e. The Bertz CT molecular complexity index is 874. The van der Waals surface area contributed by atoms with Crippen LogP contribution in [0, 0.1) is 11.8 Å². The Labute approximate surface area is 223 Å². The normalized spacial score (nSPS) is 12.7. The van der Waals surface area contributed by atoms with Crippen LogP contribution in [-0.4, -0.2) is 76.6 Å². The number of ether oxygens (including phenoxy) is 1. The number of hydrogen-bond acceptors (Lipinski definition) is 7. The number of amides is 2. The van der Waals surface area contributed by atoms with Crippen molar-refractivity contribution in [3.05, 3.63) is 35.9 Å². The summed E-state index contributed by atoms with van der Waals surface area (Å²) >= 11 is 0. The van der Waals surface area contributed by atoms with Gasteiger partial charge in [-0.05, 0) is 43.1 Å². The Morgan fingerprint density at radius 2 is 1.18 bits per heavy atom. The van der Waals surface area contributed by atoms with Crippen LogP contribution in [0.25, 0.3) is 0 Å². The molecule has 0 saturated heterocycles. The lowest BCUT2D eigenvalue weighted by Gasteiger charge is -2.23. The molecule has 0 aliphatic heterocycles. The van der Waals surface area contributed by atoms with E-state index in [4.69, 9.17) is 4.74 Å². The van der Waals surface area contributed by atoms with Crippen LogP contribution in [0.2, 0.25) is 0 Å². The molecule has 1 aromatic rings. The van der Waals surface area contributed by atoms with E-state index in [0.29, 0.717) is 12.8 Å². The third kappa shape index (κ3) is 14.3. The topological polar surface area (TPSA) is 162 Å². The van der Waals surface area contributed by atoms with Gasteiger partial charge in [-0.3, -0.25) is 19.3 Å². The summed E-state index contributed by atoms with van der Waals surface area (Å²) in [4.78, 5) is 62.2. The second-order valence-corrected chi connectivity index (χ2v) is 10.2. The number of esters is 1. The van der Waals surface area contributed by atoms with Gasteiger partial charge in [0.15, 0.2) is 0 Å². The van der Waals surface area contributed by atoms with E-state index >= 15 is 0 Å². The fourth-order valence-corrected chi connectivity index (χ4v) is 3.53. The summed E-state index contributed by atoms with van der Waals surface area (Å²) in [6.07, 6.45) is 1.63. The third-order valence-electron chi connectivity index (χ3n) is 5.66. The van der Waals surface area contributed by atoms with Crippen LogP contribution in [0.1, 0.15) is 58.9 Å². The summed E-state index contributed by atoms with van der Waals surface area (Å²) in [6, 6.07) is 6.73. The average molecular weight is 536 g/mol. The number of carboxylic acid groups (broad SMARTS) is 2. The first kappa shape index (κ1) is 32.6. The molecule has 0 saturated carbocycles. The highest BCUT2D eigenvalue weighted by atomic mass is 16.5. The van der Waals surface area contributed by atoms with Crippen molar-refractivity contribution in [3.63, 3.8) is 0 Å². The first-order valence-electron chi connectivity index (χ1n) is 12.8. The number of aliphatic carboxylic acids is 2. The van der Waals surface area contributed by atoms with Crippen molar-refractivity contribution >= 4 is 29.7 Å². The van der Waals surface area contributed by atoms with E-state index in [1.54, 1.807) is 24.3 Å². The Morgan fingerprint density at radius 1 is 0.737 bits per heavy atom. The molecule has 1 rings (SSSR count). The highest BCUT2D eigenvalue weighted by Gasteiger charge is 2.26. The van der Waals surface area contributed by atoms with E-state index in [1.807, 2.05) is 33.8 Å². The maximum Gasteiger partial charge on any atom is 0.326 e. The number of rotatable bonds is 18. The highest BCUT2D eigenvalue weighted by Crippen LogP contribution is 2.09. The summed E-state index contributed by atoms with van der Waals surface area (Å²) in [5.74, 6) is -3.94. The third-order valence-corrected chi connectivity index (χ3v) is 5.66. The van der Waals surface area contributed by atoms with E-state index in [9.17, 15) is 34.2 Å². The van der Waals surface area contributed by atoms with Gasteiger partial charge in [0, 0.05) is 0 Å². The predicted octanol–water partition coefficient (Wildman–Crippen LogP) is 2.04. The standard InChI is InChI=1S/C27H41N3O8/c1-18(2)10-12-21(26(34)35)28-23(31)14-30(16-25(33)38-17-20-8-6-5-7-9-20)15-24(32)29-22(27(36)37)13-11-19(3)4/h5-9,18-19,21-22H,10-17H2,1-4H3,(H,28,31)(H,29,32)(H,34,35)(H,36,37)/t21-,22-/m1/s1. The zero-order valence-corrected chi connectivity index (χ0v) is 22.6. The molecule has 0 radical (unpaired) electrons. The van der Waals surface area contributed by atoms with Crippen molar-refractivity contribution in [2.45, 2.75) is 72.1 Å². The zero-order chi connectivity index (χ0) is 28.7. The van der Waals surface area contributed by atoms with Gasteiger partial charge in [-0.2, -0.15) is 0 Å². The number of nitrogens with one attached hydrogen (secondary N) is 2. The molecule has 2 amide bonds. The SMILES string of the molecule is CC(C)CC[C@@H](NC(=O)CN(CC(=O)N[C@H](CCC(C)C)C(=O)O)CC(=O)OCc1ccccc1)C(=O)O. The minimum atomic E-state index is -1.18. The molecular weight excluding hydrogens is 494 g/mol. The smallest absolute Gasteiger partial charge is 0.326 e. The van der Waals surface area contributed by atoms with Crippen LogP contribution < -0.4 is 10.6 Å². The molecule has 2 atom stereocenters. The summed E-state index contributed by atoms with van der Waals surface area (Å²) in [6.45, 7) is 6.41. The van der Waals surface area contributed by atoms with Gasteiger partial charge >= 0.3 is 17.9 Å². The molecule has 0 aliphatic rings. The van der Waals surface area contributed by atoms with Gasteiger partial charge in [0.1, 0.15) is 18.7 Å². The van der Waals surface area contributed by atoms with Crippen molar-refractivity contribution in [2.75, 3.05) is 19.6 Å². The maximum atomic E-state index is 12.7. The lowest BCUT2D eigenvalue weighted by molar-refractivity contribution is -0.148. The van der Waals surface area contributed by atoms with Crippen LogP contribution in [0.5, 0.6) is 0 Å². The highest BCUT2D eigenvalue weighted by molar-refractivity contribution is 5.87. The summed E-state index contributed by atoms with van der Waals surface area (Å²) in [5.41, 5.74) is 0.756. The molecule has 0 aliphatic carbocycles. The van der Waals surface area contributed by atoms with Crippen LogP contribution in [-0.2, 0) is 35.3 Å². The van der Waals surface area contributed by atoms with Crippen LogP contribution >= 0.6 is 0 Å². The number of carbonyl (C=O) groups is 5. The fraction of sp³-hybridized carbons (Fsp3) is 0.593. The molecule has 1 aromatic carbocycles. The van der Waals surface area contributed by atoms with Gasteiger partial charge < -0.3 is 25.6 Å². The zero-order valence-electron chi connectivity index (χ0n) is 22.6. The molecule has 4 N–H and O–H groups in total. The quantitative estimate of drug-likeness (QED) is 0.206. The Kier molecular flexibility index (Phi) is 14.7. The monoisotopic (exact) mass is 535 g/mol. The van der Waals surface area contributed by atoms with Crippen LogP contribution in [0.15, 0.2) is 30.3 Å². The lowest BCUT2D eigenvalue weighted by atomic mass is 10.0. The fourth-order valence-electron chi connectivity index (χ4n) is 3.53. The molecule has 0 bridgehead atoms. The second-order valence-electron chi connectivity index (χ2n) is 10.2. The minimum absolute atomic E-state index is 0.00150. The van der Waals surface area contributed by atoms with Crippen molar-refractivity contribution in [3.8, 4) is 0 Å². The van der Waals surface area contributed by atoms with Gasteiger partial charge in [-0.1, -0.05) is 58.0 Å². The van der Waals surface area contributed by atoms with E-state index in [-0.39, 0.29) is 31.3 Å². The molecular formula is C27H41N3O8. The molecule has 0 fully saturated rings. The van der Waals surface area contributed by atoms with Gasteiger partial charge in [0.25, 0.3) is 0 Å². The minimum Gasteiger partial charge on any atom is -0.480 e. The van der Waals surface area contributed by atoms with Crippen molar-refractivity contribution in [1.29, 1.82) is 0 Å². The average Bonchev–Trinajstić information content (AvgIpc) is 2.82. The number of carbonyl (C=O) groups excluding carboxylic acids is 3.